The van der Waals surface area contributed by atoms with E-state index >= 15 is 0 Å². The first-order chi connectivity index (χ1) is 7.51. The van der Waals surface area contributed by atoms with Gasteiger partial charge in [-0.15, -0.1) is 11.3 Å². The zero-order chi connectivity index (χ0) is 13.4. The molecule has 0 aromatic carbocycles. The Morgan fingerprint density at radius 2 is 1.71 bits per heavy atom. The smallest absolute Gasteiger partial charge is 0.0934 e. The van der Waals surface area contributed by atoms with Gasteiger partial charge in [0.2, 0.25) is 0 Å². The van der Waals surface area contributed by atoms with Gasteiger partial charge in [0, 0.05) is 22.3 Å². The Bertz CT molecular complexity index is 346. The van der Waals surface area contributed by atoms with E-state index in [9.17, 15) is 0 Å². The lowest BCUT2D eigenvalue weighted by atomic mass is 9.87. The largest absolute Gasteiger partial charge is 0.321 e. The third-order valence-corrected chi connectivity index (χ3v) is 3.97. The van der Waals surface area contributed by atoms with Gasteiger partial charge in [0.05, 0.1) is 10.7 Å². The van der Waals surface area contributed by atoms with Crippen molar-refractivity contribution in [2.24, 2.45) is 11.7 Å². The van der Waals surface area contributed by atoms with E-state index in [1.807, 2.05) is 0 Å². The summed E-state index contributed by atoms with van der Waals surface area (Å²) in [4.78, 5) is 6.06. The summed E-state index contributed by atoms with van der Waals surface area (Å²) in [6, 6.07) is 0. The first-order valence-electron chi connectivity index (χ1n) is 6.31. The molecule has 0 fully saturated rings. The van der Waals surface area contributed by atoms with Crippen LogP contribution in [-0.4, -0.2) is 4.98 Å². The zero-order valence-electron chi connectivity index (χ0n) is 12.2. The quantitative estimate of drug-likeness (QED) is 0.890. The highest BCUT2D eigenvalue weighted by Gasteiger charge is 2.30. The lowest BCUT2D eigenvalue weighted by molar-refractivity contribution is 0.510. The Morgan fingerprint density at radius 1 is 1.18 bits per heavy atom. The average Bonchev–Trinajstić information content (AvgIpc) is 2.44. The maximum absolute atomic E-state index is 6.27. The van der Waals surface area contributed by atoms with Crippen LogP contribution in [0.4, 0.5) is 0 Å². The lowest BCUT2D eigenvalue weighted by Crippen LogP contribution is -2.31. The molecule has 3 heteroatoms. The van der Waals surface area contributed by atoms with Crippen LogP contribution in [0.2, 0.25) is 0 Å². The number of rotatable bonds is 3. The van der Waals surface area contributed by atoms with Gasteiger partial charge in [-0.1, -0.05) is 34.6 Å². The van der Waals surface area contributed by atoms with Gasteiger partial charge in [-0.25, -0.2) is 4.98 Å². The Balaban J connectivity index is 3.23. The van der Waals surface area contributed by atoms with Crippen LogP contribution in [-0.2, 0) is 17.4 Å². The highest BCUT2D eigenvalue weighted by Crippen LogP contribution is 2.36. The lowest BCUT2D eigenvalue weighted by Gasteiger charge is -2.24. The van der Waals surface area contributed by atoms with Gasteiger partial charge in [-0.05, 0) is 19.8 Å². The van der Waals surface area contributed by atoms with Crippen molar-refractivity contribution in [3.8, 4) is 0 Å². The summed E-state index contributed by atoms with van der Waals surface area (Å²) in [7, 11) is 0. The molecule has 1 heterocycles. The van der Waals surface area contributed by atoms with Crippen LogP contribution in [0.1, 0.15) is 64.0 Å². The van der Waals surface area contributed by atoms with Gasteiger partial charge in [0.1, 0.15) is 0 Å². The molecule has 17 heavy (non-hydrogen) atoms. The normalized spacial score (nSPS) is 13.5. The second kappa shape index (κ2) is 4.69. The number of hydrogen-bond donors (Lipinski definition) is 1. The van der Waals surface area contributed by atoms with Crippen molar-refractivity contribution in [2.75, 3.05) is 0 Å². The van der Waals surface area contributed by atoms with E-state index in [0.29, 0.717) is 5.92 Å². The standard InChI is InChI=1S/C14H26N2S/c1-9(2)8-10-16-11(13(3,4)5)12(17-10)14(6,7)15/h9H,8,15H2,1-7H3. The summed E-state index contributed by atoms with van der Waals surface area (Å²) in [5, 5.41) is 1.22. The molecule has 0 spiro atoms. The summed E-state index contributed by atoms with van der Waals surface area (Å²) in [6.07, 6.45) is 1.05. The van der Waals surface area contributed by atoms with Crippen LogP contribution in [0.25, 0.3) is 0 Å². The third kappa shape index (κ3) is 3.78. The maximum Gasteiger partial charge on any atom is 0.0934 e. The molecule has 0 amide bonds. The molecule has 0 bridgehead atoms. The molecule has 98 valence electrons. The summed E-state index contributed by atoms with van der Waals surface area (Å²) in [5.41, 5.74) is 7.21. The van der Waals surface area contributed by atoms with Crippen molar-refractivity contribution >= 4 is 11.3 Å². The Labute approximate surface area is 110 Å². The molecular weight excluding hydrogens is 228 g/mol. The molecule has 1 rings (SSSR count). The van der Waals surface area contributed by atoms with E-state index in [4.69, 9.17) is 10.7 Å². The van der Waals surface area contributed by atoms with E-state index in [-0.39, 0.29) is 11.0 Å². The van der Waals surface area contributed by atoms with Gasteiger partial charge >= 0.3 is 0 Å². The third-order valence-electron chi connectivity index (χ3n) is 2.55. The summed E-state index contributed by atoms with van der Waals surface area (Å²) in [5.74, 6) is 0.641. The van der Waals surface area contributed by atoms with Crippen LogP contribution in [0, 0.1) is 5.92 Å². The van der Waals surface area contributed by atoms with E-state index < -0.39 is 0 Å². The minimum atomic E-state index is -0.296. The Hall–Kier alpha value is -0.410. The van der Waals surface area contributed by atoms with Crippen molar-refractivity contribution in [2.45, 2.75) is 65.8 Å². The van der Waals surface area contributed by atoms with E-state index in [0.717, 1.165) is 6.42 Å². The predicted octanol–water partition coefficient (Wildman–Crippen LogP) is 3.83. The van der Waals surface area contributed by atoms with Gasteiger partial charge < -0.3 is 5.73 Å². The minimum absolute atomic E-state index is 0.0672. The first kappa shape index (κ1) is 14.7. The van der Waals surface area contributed by atoms with Crippen molar-refractivity contribution in [3.05, 3.63) is 15.6 Å². The van der Waals surface area contributed by atoms with Crippen LogP contribution < -0.4 is 5.73 Å². The summed E-state index contributed by atoms with van der Waals surface area (Å²) < 4.78 is 0. The molecule has 0 radical (unpaired) electrons. The Morgan fingerprint density at radius 3 is 2.00 bits per heavy atom. The first-order valence-corrected chi connectivity index (χ1v) is 7.13. The molecule has 1 aromatic rings. The predicted molar refractivity (Wildman–Crippen MR) is 76.6 cm³/mol. The molecule has 2 N–H and O–H groups in total. The molecule has 0 saturated carbocycles. The van der Waals surface area contributed by atoms with Crippen molar-refractivity contribution < 1.29 is 0 Å². The SMILES string of the molecule is CC(C)Cc1nc(C(C)(C)C)c(C(C)(C)N)s1. The second-order valence-electron chi connectivity index (χ2n) is 6.85. The Kier molecular flexibility index (Phi) is 4.04. The molecular formula is C14H26N2S. The molecule has 0 unspecified atom stereocenters. The fraction of sp³-hybridized carbons (Fsp3) is 0.786. The molecule has 1 aromatic heterocycles. The highest BCUT2D eigenvalue weighted by molar-refractivity contribution is 7.11. The molecule has 0 aliphatic rings. The number of nitrogens with zero attached hydrogens (tertiary/aromatic N) is 1. The fourth-order valence-corrected chi connectivity index (χ4v) is 3.25. The van der Waals surface area contributed by atoms with Crippen molar-refractivity contribution in [1.29, 1.82) is 0 Å². The number of aromatic nitrogens is 1. The van der Waals surface area contributed by atoms with E-state index in [2.05, 4.69) is 48.5 Å². The monoisotopic (exact) mass is 254 g/mol. The molecule has 0 aliphatic carbocycles. The van der Waals surface area contributed by atoms with Gasteiger partial charge in [0.25, 0.3) is 0 Å². The van der Waals surface area contributed by atoms with Gasteiger partial charge in [-0.3, -0.25) is 0 Å². The zero-order valence-corrected chi connectivity index (χ0v) is 13.0. The van der Waals surface area contributed by atoms with Crippen LogP contribution in [0.5, 0.6) is 0 Å². The number of nitrogens with two attached hydrogens (primary N) is 1. The molecule has 0 aliphatic heterocycles. The van der Waals surface area contributed by atoms with E-state index in [1.54, 1.807) is 11.3 Å². The van der Waals surface area contributed by atoms with Crippen LogP contribution in [0.3, 0.4) is 0 Å². The van der Waals surface area contributed by atoms with Crippen LogP contribution in [0.15, 0.2) is 0 Å². The average molecular weight is 254 g/mol. The van der Waals surface area contributed by atoms with Gasteiger partial charge in [0.15, 0.2) is 0 Å². The molecule has 0 saturated heterocycles. The minimum Gasteiger partial charge on any atom is -0.321 e. The summed E-state index contributed by atoms with van der Waals surface area (Å²) >= 11 is 1.79. The fourth-order valence-electron chi connectivity index (χ4n) is 1.75. The van der Waals surface area contributed by atoms with Crippen molar-refractivity contribution in [1.82, 2.24) is 4.98 Å². The molecule has 2 nitrogen and oxygen atoms in total. The van der Waals surface area contributed by atoms with E-state index in [1.165, 1.54) is 15.6 Å². The highest BCUT2D eigenvalue weighted by atomic mass is 32.1. The summed E-state index contributed by atoms with van der Waals surface area (Å²) in [6.45, 7) is 15.2. The van der Waals surface area contributed by atoms with Crippen molar-refractivity contribution in [3.63, 3.8) is 0 Å². The number of hydrogen-bond acceptors (Lipinski definition) is 3. The van der Waals surface area contributed by atoms with Gasteiger partial charge in [-0.2, -0.15) is 0 Å². The second-order valence-corrected chi connectivity index (χ2v) is 7.94. The topological polar surface area (TPSA) is 38.9 Å². The van der Waals surface area contributed by atoms with Crippen LogP contribution >= 0.6 is 11.3 Å². The number of thiazole rings is 1. The maximum atomic E-state index is 6.27. The molecule has 0 atom stereocenters.